The Morgan fingerprint density at radius 1 is 1.16 bits per heavy atom. The summed E-state index contributed by atoms with van der Waals surface area (Å²) < 4.78 is 0. The molecule has 2 rings (SSSR count). The monoisotopic (exact) mass is 359 g/mol. The van der Waals surface area contributed by atoms with E-state index in [2.05, 4.69) is 6.92 Å². The van der Waals surface area contributed by atoms with E-state index < -0.39 is 6.09 Å². The van der Waals surface area contributed by atoms with Crippen LogP contribution in [0.3, 0.4) is 0 Å². The molecule has 1 N–H and O–H groups in total. The first-order chi connectivity index (χ1) is 12.0. The minimum absolute atomic E-state index is 0.0174. The number of allylic oxidation sites excluding steroid dienone is 2. The zero-order valence-electron chi connectivity index (χ0n) is 15.2. The molecular formula is C20H25NO3S. The Morgan fingerprint density at radius 3 is 2.28 bits per heavy atom. The molecule has 1 aliphatic heterocycles. The van der Waals surface area contributed by atoms with Gasteiger partial charge < -0.3 is 5.11 Å². The zero-order valence-corrected chi connectivity index (χ0v) is 16.0. The van der Waals surface area contributed by atoms with Gasteiger partial charge in [0.1, 0.15) is 0 Å². The number of thioether (sulfide) groups is 1. The van der Waals surface area contributed by atoms with E-state index in [1.807, 2.05) is 44.2 Å². The van der Waals surface area contributed by atoms with Crippen molar-refractivity contribution in [3.63, 3.8) is 0 Å². The van der Waals surface area contributed by atoms with Gasteiger partial charge in [0, 0.05) is 17.2 Å². The first-order valence-corrected chi connectivity index (χ1v) is 9.65. The van der Waals surface area contributed by atoms with Crippen LogP contribution in [-0.4, -0.2) is 27.0 Å². The quantitative estimate of drug-likeness (QED) is 0.766. The average Bonchev–Trinajstić information content (AvgIpc) is 2.60. The molecule has 0 saturated heterocycles. The van der Waals surface area contributed by atoms with E-state index in [0.29, 0.717) is 29.1 Å². The third-order valence-electron chi connectivity index (χ3n) is 4.55. The summed E-state index contributed by atoms with van der Waals surface area (Å²) in [6.07, 6.45) is 0.423. The van der Waals surface area contributed by atoms with E-state index in [-0.39, 0.29) is 11.0 Å². The van der Waals surface area contributed by atoms with Gasteiger partial charge in [0.2, 0.25) is 5.12 Å². The van der Waals surface area contributed by atoms with Gasteiger partial charge in [-0.2, -0.15) is 0 Å². The number of hydrogen-bond donors (Lipinski definition) is 1. The molecule has 1 amide bonds. The van der Waals surface area contributed by atoms with Crippen molar-refractivity contribution in [1.29, 1.82) is 0 Å². The molecule has 0 bridgehead atoms. The number of benzene rings is 1. The van der Waals surface area contributed by atoms with Crippen molar-refractivity contribution >= 4 is 28.7 Å². The van der Waals surface area contributed by atoms with Crippen LogP contribution in [0.15, 0.2) is 47.2 Å². The number of amides is 1. The predicted molar refractivity (Wildman–Crippen MR) is 103 cm³/mol. The number of carbonyl (C=O) groups is 2. The maximum Gasteiger partial charge on any atom is 0.416 e. The summed E-state index contributed by atoms with van der Waals surface area (Å²) >= 11 is 1.25. The summed E-state index contributed by atoms with van der Waals surface area (Å²) in [7, 11) is 0. The molecule has 0 aromatic heterocycles. The Labute approximate surface area is 153 Å². The normalized spacial score (nSPS) is 17.9. The third kappa shape index (κ3) is 3.66. The number of nitrogens with zero attached hydrogens (tertiary/aromatic N) is 1. The van der Waals surface area contributed by atoms with Crippen molar-refractivity contribution in [2.75, 3.05) is 5.75 Å². The molecule has 4 nitrogen and oxygen atoms in total. The molecule has 25 heavy (non-hydrogen) atoms. The van der Waals surface area contributed by atoms with Crippen molar-refractivity contribution in [2.45, 2.75) is 40.5 Å². The van der Waals surface area contributed by atoms with Crippen LogP contribution in [0, 0.1) is 5.92 Å². The maximum absolute atomic E-state index is 12.7. The minimum Gasteiger partial charge on any atom is -0.464 e. The molecule has 0 saturated carbocycles. The highest BCUT2D eigenvalue weighted by atomic mass is 32.2. The molecule has 0 fully saturated rings. The molecule has 1 atom stereocenters. The molecule has 5 heteroatoms. The van der Waals surface area contributed by atoms with Crippen molar-refractivity contribution in [2.24, 2.45) is 5.92 Å². The fourth-order valence-electron chi connectivity index (χ4n) is 3.54. The second kappa shape index (κ2) is 8.39. The van der Waals surface area contributed by atoms with Crippen LogP contribution in [-0.2, 0) is 4.79 Å². The van der Waals surface area contributed by atoms with E-state index in [1.165, 1.54) is 16.7 Å². The summed E-state index contributed by atoms with van der Waals surface area (Å²) in [6.45, 7) is 7.76. The lowest BCUT2D eigenvalue weighted by atomic mass is 9.80. The van der Waals surface area contributed by atoms with Gasteiger partial charge in [0.25, 0.3) is 0 Å². The average molecular weight is 359 g/mol. The van der Waals surface area contributed by atoms with Gasteiger partial charge in [-0.25, -0.2) is 9.69 Å². The fourth-order valence-corrected chi connectivity index (χ4v) is 4.24. The Kier molecular flexibility index (Phi) is 6.48. The molecule has 1 unspecified atom stereocenters. The lowest BCUT2D eigenvalue weighted by molar-refractivity contribution is -0.108. The van der Waals surface area contributed by atoms with Crippen LogP contribution in [0.2, 0.25) is 0 Å². The fraction of sp³-hybridized carbons (Fsp3) is 0.400. The topological polar surface area (TPSA) is 57.6 Å². The summed E-state index contributed by atoms with van der Waals surface area (Å²) in [5, 5.41) is 9.86. The Balaban J connectivity index is 2.73. The first kappa shape index (κ1) is 19.3. The van der Waals surface area contributed by atoms with E-state index >= 15 is 0 Å². The molecule has 134 valence electrons. The van der Waals surface area contributed by atoms with Gasteiger partial charge in [-0.3, -0.25) is 4.79 Å². The zero-order chi connectivity index (χ0) is 18.6. The smallest absolute Gasteiger partial charge is 0.416 e. The standard InChI is InChI=1S/C20H25NO3S/c1-5-15-16(6-2)18(14-11-9-8-10-12-14)21(20(23)24)13(4)17(15)19(22)25-7-3/h8-12,15H,5-7H2,1-4H3,(H,23,24). The van der Waals surface area contributed by atoms with Gasteiger partial charge in [-0.05, 0) is 36.7 Å². The molecule has 1 aromatic carbocycles. The number of rotatable bonds is 5. The van der Waals surface area contributed by atoms with Crippen LogP contribution < -0.4 is 0 Å². The van der Waals surface area contributed by atoms with Crippen LogP contribution >= 0.6 is 11.8 Å². The number of hydrogen-bond acceptors (Lipinski definition) is 3. The van der Waals surface area contributed by atoms with E-state index in [1.54, 1.807) is 6.92 Å². The predicted octanol–water partition coefficient (Wildman–Crippen LogP) is 5.38. The largest absolute Gasteiger partial charge is 0.464 e. The maximum atomic E-state index is 12.7. The highest BCUT2D eigenvalue weighted by Gasteiger charge is 2.37. The minimum atomic E-state index is -1.05. The highest BCUT2D eigenvalue weighted by molar-refractivity contribution is 8.14. The van der Waals surface area contributed by atoms with Gasteiger partial charge in [0.15, 0.2) is 0 Å². The highest BCUT2D eigenvalue weighted by Crippen LogP contribution is 2.44. The summed E-state index contributed by atoms with van der Waals surface area (Å²) in [5.74, 6) is 0.637. The van der Waals surface area contributed by atoms with Crippen molar-refractivity contribution in [1.82, 2.24) is 4.90 Å². The summed E-state index contributed by atoms with van der Waals surface area (Å²) in [6, 6.07) is 9.58. The molecule has 1 aliphatic rings. The van der Waals surface area contributed by atoms with Crippen molar-refractivity contribution in [3.05, 3.63) is 52.7 Å². The number of carboxylic acid groups (broad SMARTS) is 1. The summed E-state index contributed by atoms with van der Waals surface area (Å²) in [4.78, 5) is 26.1. The third-order valence-corrected chi connectivity index (χ3v) is 5.32. The summed E-state index contributed by atoms with van der Waals surface area (Å²) in [5.41, 5.74) is 3.75. The lowest BCUT2D eigenvalue weighted by Gasteiger charge is -2.37. The second-order valence-electron chi connectivity index (χ2n) is 5.89. The van der Waals surface area contributed by atoms with Gasteiger partial charge in [-0.1, -0.05) is 62.9 Å². The second-order valence-corrected chi connectivity index (χ2v) is 7.13. The SMILES string of the molecule is CCSC(=O)C1=C(C)N(C(=O)O)C(c2ccccc2)=C(CC)C1CC. The van der Waals surface area contributed by atoms with Crippen LogP contribution in [0.1, 0.15) is 46.1 Å². The lowest BCUT2D eigenvalue weighted by Crippen LogP contribution is -2.35. The van der Waals surface area contributed by atoms with Gasteiger partial charge in [0.05, 0.1) is 5.70 Å². The van der Waals surface area contributed by atoms with E-state index in [9.17, 15) is 14.7 Å². The van der Waals surface area contributed by atoms with E-state index in [4.69, 9.17) is 0 Å². The Morgan fingerprint density at radius 2 is 1.80 bits per heavy atom. The van der Waals surface area contributed by atoms with Gasteiger partial charge in [-0.15, -0.1) is 0 Å². The molecule has 0 radical (unpaired) electrons. The molecule has 0 spiro atoms. The molecule has 1 heterocycles. The van der Waals surface area contributed by atoms with Crippen LogP contribution in [0.4, 0.5) is 4.79 Å². The van der Waals surface area contributed by atoms with E-state index in [0.717, 1.165) is 17.6 Å². The Bertz CT molecular complexity index is 722. The first-order valence-electron chi connectivity index (χ1n) is 8.67. The van der Waals surface area contributed by atoms with Crippen molar-refractivity contribution in [3.8, 4) is 0 Å². The van der Waals surface area contributed by atoms with Crippen LogP contribution in [0.25, 0.3) is 5.70 Å². The Hall–Kier alpha value is -2.01. The number of carbonyl (C=O) groups excluding carboxylic acids is 1. The molecular weight excluding hydrogens is 334 g/mol. The van der Waals surface area contributed by atoms with Crippen molar-refractivity contribution < 1.29 is 14.7 Å². The van der Waals surface area contributed by atoms with Gasteiger partial charge >= 0.3 is 6.09 Å². The molecule has 1 aromatic rings. The molecule has 0 aliphatic carbocycles. The van der Waals surface area contributed by atoms with Crippen LogP contribution in [0.5, 0.6) is 0 Å².